The molecule has 0 saturated carbocycles. The Morgan fingerprint density at radius 3 is 2.71 bits per heavy atom. The third kappa shape index (κ3) is 2.30. The molecule has 2 atom stereocenters. The molecular formula is C9H16N2O3. The molecule has 1 fully saturated rings. The average molecular weight is 200 g/mol. The standard InChI is InChI=1S/C9H16N2O3/c1-6(7(2)12)11-3-4-14-5-8(11)9(10)13/h6,8H,3-5H2,1-2H3,(H2,10,13). The van der Waals surface area contributed by atoms with Crippen LogP contribution in [-0.4, -0.2) is 48.4 Å². The van der Waals surface area contributed by atoms with Crippen molar-refractivity contribution in [1.29, 1.82) is 0 Å². The van der Waals surface area contributed by atoms with Crippen LogP contribution in [0.25, 0.3) is 0 Å². The quantitative estimate of drug-likeness (QED) is 0.644. The lowest BCUT2D eigenvalue weighted by Gasteiger charge is -2.36. The second kappa shape index (κ2) is 4.52. The van der Waals surface area contributed by atoms with Gasteiger partial charge in [-0.25, -0.2) is 0 Å². The predicted octanol–water partition coefficient (Wildman–Crippen LogP) is -0.850. The Balaban J connectivity index is 2.72. The fraction of sp³-hybridized carbons (Fsp3) is 0.778. The molecule has 1 aliphatic rings. The number of carbonyl (C=O) groups excluding carboxylic acids is 2. The maximum atomic E-state index is 11.2. The summed E-state index contributed by atoms with van der Waals surface area (Å²) in [6.45, 7) is 4.70. The van der Waals surface area contributed by atoms with E-state index in [4.69, 9.17) is 10.5 Å². The molecule has 1 heterocycles. The molecule has 1 rings (SSSR count). The molecule has 0 aromatic rings. The van der Waals surface area contributed by atoms with Gasteiger partial charge in [0, 0.05) is 6.54 Å². The van der Waals surface area contributed by atoms with Crippen LogP contribution in [0.15, 0.2) is 0 Å². The molecule has 1 saturated heterocycles. The molecule has 1 aliphatic heterocycles. The van der Waals surface area contributed by atoms with Crippen LogP contribution in [-0.2, 0) is 14.3 Å². The molecule has 5 heteroatoms. The van der Waals surface area contributed by atoms with E-state index in [1.54, 1.807) is 11.8 Å². The maximum Gasteiger partial charge on any atom is 0.237 e. The molecule has 2 unspecified atom stereocenters. The smallest absolute Gasteiger partial charge is 0.237 e. The lowest BCUT2D eigenvalue weighted by molar-refractivity contribution is -0.135. The van der Waals surface area contributed by atoms with Crippen molar-refractivity contribution in [2.24, 2.45) is 5.73 Å². The van der Waals surface area contributed by atoms with Crippen molar-refractivity contribution in [2.75, 3.05) is 19.8 Å². The number of ether oxygens (including phenoxy) is 1. The van der Waals surface area contributed by atoms with Crippen LogP contribution in [0.5, 0.6) is 0 Å². The minimum Gasteiger partial charge on any atom is -0.378 e. The summed E-state index contributed by atoms with van der Waals surface area (Å²) in [4.78, 5) is 24.1. The first-order valence-electron chi connectivity index (χ1n) is 4.67. The van der Waals surface area contributed by atoms with Gasteiger partial charge in [0.05, 0.1) is 19.3 Å². The van der Waals surface area contributed by atoms with E-state index in [2.05, 4.69) is 0 Å². The Labute approximate surface area is 83.2 Å². The highest BCUT2D eigenvalue weighted by Crippen LogP contribution is 2.11. The second-order valence-electron chi connectivity index (χ2n) is 3.52. The van der Waals surface area contributed by atoms with Gasteiger partial charge in [0.15, 0.2) is 0 Å². The minimum absolute atomic E-state index is 0.0400. The molecule has 0 radical (unpaired) electrons. The first kappa shape index (κ1) is 11.1. The summed E-state index contributed by atoms with van der Waals surface area (Å²) < 4.78 is 5.15. The van der Waals surface area contributed by atoms with Gasteiger partial charge < -0.3 is 10.5 Å². The Morgan fingerprint density at radius 1 is 1.57 bits per heavy atom. The Bertz CT molecular complexity index is 242. The zero-order valence-electron chi connectivity index (χ0n) is 8.53. The van der Waals surface area contributed by atoms with Crippen molar-refractivity contribution in [3.63, 3.8) is 0 Å². The molecule has 0 aromatic heterocycles. The van der Waals surface area contributed by atoms with Crippen molar-refractivity contribution >= 4 is 11.7 Å². The van der Waals surface area contributed by atoms with Crippen molar-refractivity contribution in [3.05, 3.63) is 0 Å². The highest BCUT2D eigenvalue weighted by Gasteiger charge is 2.32. The van der Waals surface area contributed by atoms with E-state index >= 15 is 0 Å². The molecular weight excluding hydrogens is 184 g/mol. The Kier molecular flexibility index (Phi) is 3.60. The number of hydrogen-bond donors (Lipinski definition) is 1. The molecule has 1 amide bonds. The predicted molar refractivity (Wildman–Crippen MR) is 50.7 cm³/mol. The summed E-state index contributed by atoms with van der Waals surface area (Å²) in [7, 11) is 0. The number of ketones is 1. The minimum atomic E-state index is -0.470. The van der Waals surface area contributed by atoms with Gasteiger partial charge in [0.1, 0.15) is 11.8 Å². The summed E-state index contributed by atoms with van der Waals surface area (Å²) in [5, 5.41) is 0. The number of rotatable bonds is 3. The van der Waals surface area contributed by atoms with Gasteiger partial charge in [0.2, 0.25) is 5.91 Å². The largest absolute Gasteiger partial charge is 0.378 e. The third-order valence-electron chi connectivity index (χ3n) is 2.58. The van der Waals surface area contributed by atoms with Gasteiger partial charge in [-0.15, -0.1) is 0 Å². The number of hydrogen-bond acceptors (Lipinski definition) is 4. The van der Waals surface area contributed by atoms with Crippen LogP contribution in [0.3, 0.4) is 0 Å². The van der Waals surface area contributed by atoms with Gasteiger partial charge in [-0.05, 0) is 13.8 Å². The molecule has 0 aromatic carbocycles. The molecule has 5 nitrogen and oxygen atoms in total. The van der Waals surface area contributed by atoms with Gasteiger partial charge in [-0.3, -0.25) is 14.5 Å². The molecule has 2 N–H and O–H groups in total. The first-order chi connectivity index (χ1) is 6.54. The van der Waals surface area contributed by atoms with Gasteiger partial charge in [0.25, 0.3) is 0 Å². The Morgan fingerprint density at radius 2 is 2.21 bits per heavy atom. The van der Waals surface area contributed by atoms with Crippen molar-refractivity contribution in [1.82, 2.24) is 4.90 Å². The zero-order valence-corrected chi connectivity index (χ0v) is 8.53. The van der Waals surface area contributed by atoms with Crippen molar-refractivity contribution in [2.45, 2.75) is 25.9 Å². The van der Waals surface area contributed by atoms with Gasteiger partial charge in [-0.2, -0.15) is 0 Å². The summed E-state index contributed by atoms with van der Waals surface area (Å²) in [5.74, 6) is -0.393. The topological polar surface area (TPSA) is 72.6 Å². The number of nitrogens with two attached hydrogens (primary N) is 1. The van der Waals surface area contributed by atoms with E-state index in [0.717, 1.165) is 0 Å². The summed E-state index contributed by atoms with van der Waals surface area (Å²) in [6.07, 6.45) is 0. The maximum absolute atomic E-state index is 11.2. The average Bonchev–Trinajstić information content (AvgIpc) is 2.16. The molecule has 80 valence electrons. The molecule has 14 heavy (non-hydrogen) atoms. The van der Waals surface area contributed by atoms with Crippen LogP contribution in [0.1, 0.15) is 13.8 Å². The van der Waals surface area contributed by atoms with Gasteiger partial charge >= 0.3 is 0 Å². The number of amides is 1. The first-order valence-corrected chi connectivity index (χ1v) is 4.67. The van der Waals surface area contributed by atoms with E-state index in [0.29, 0.717) is 13.2 Å². The number of primary amides is 1. The summed E-state index contributed by atoms with van der Waals surface area (Å²) >= 11 is 0. The lowest BCUT2D eigenvalue weighted by Crippen LogP contribution is -2.57. The SMILES string of the molecule is CC(=O)C(C)N1CCOCC1C(N)=O. The number of carbonyl (C=O) groups is 2. The van der Waals surface area contributed by atoms with E-state index in [-0.39, 0.29) is 18.4 Å². The van der Waals surface area contributed by atoms with Crippen LogP contribution < -0.4 is 5.73 Å². The molecule has 0 bridgehead atoms. The highest BCUT2D eigenvalue weighted by atomic mass is 16.5. The monoisotopic (exact) mass is 200 g/mol. The van der Waals surface area contributed by atoms with Gasteiger partial charge in [-0.1, -0.05) is 0 Å². The van der Waals surface area contributed by atoms with Crippen LogP contribution in [0.4, 0.5) is 0 Å². The third-order valence-corrected chi connectivity index (χ3v) is 2.58. The van der Waals surface area contributed by atoms with E-state index < -0.39 is 11.9 Å². The van der Waals surface area contributed by atoms with Crippen LogP contribution in [0, 0.1) is 0 Å². The second-order valence-corrected chi connectivity index (χ2v) is 3.52. The van der Waals surface area contributed by atoms with E-state index in [1.807, 2.05) is 0 Å². The number of Topliss-reactive ketones (excluding diaryl/α,β-unsaturated/α-hetero) is 1. The van der Waals surface area contributed by atoms with Crippen LogP contribution in [0.2, 0.25) is 0 Å². The zero-order chi connectivity index (χ0) is 10.7. The van der Waals surface area contributed by atoms with Crippen molar-refractivity contribution < 1.29 is 14.3 Å². The summed E-state index contributed by atoms with van der Waals surface area (Å²) in [6, 6.07) is -0.737. The fourth-order valence-electron chi connectivity index (χ4n) is 1.56. The van der Waals surface area contributed by atoms with E-state index in [1.165, 1.54) is 6.92 Å². The lowest BCUT2D eigenvalue weighted by atomic mass is 10.1. The van der Waals surface area contributed by atoms with Crippen LogP contribution >= 0.6 is 0 Å². The molecule has 0 aliphatic carbocycles. The van der Waals surface area contributed by atoms with E-state index in [9.17, 15) is 9.59 Å². The van der Waals surface area contributed by atoms with Crippen molar-refractivity contribution in [3.8, 4) is 0 Å². The normalized spacial score (nSPS) is 25.7. The molecule has 0 spiro atoms. The highest BCUT2D eigenvalue weighted by molar-refractivity contribution is 5.84. The number of nitrogens with zero attached hydrogens (tertiary/aromatic N) is 1. The number of morpholine rings is 1. The Hall–Kier alpha value is -0.940. The summed E-state index contributed by atoms with van der Waals surface area (Å²) in [5.41, 5.74) is 5.22. The fourth-order valence-corrected chi connectivity index (χ4v) is 1.56.